The van der Waals surface area contributed by atoms with Crippen LogP contribution in [0.2, 0.25) is 0 Å². The number of nitrogens with one attached hydrogen (secondary N) is 1. The van der Waals surface area contributed by atoms with E-state index in [2.05, 4.69) is 36.0 Å². The highest BCUT2D eigenvalue weighted by atomic mass is 15.3. The first-order chi connectivity index (χ1) is 9.59. The van der Waals surface area contributed by atoms with E-state index in [0.717, 1.165) is 12.1 Å². The molecule has 3 fully saturated rings. The highest BCUT2D eigenvalue weighted by Gasteiger charge is 2.40. The van der Waals surface area contributed by atoms with E-state index < -0.39 is 0 Å². The van der Waals surface area contributed by atoms with Crippen molar-refractivity contribution in [2.24, 2.45) is 5.41 Å². The SMILES string of the molecule is CNC1CCC(C)(C)CC1N1CCN2CCCCC2C1. The van der Waals surface area contributed by atoms with Crippen molar-refractivity contribution >= 4 is 0 Å². The fourth-order valence-corrected chi connectivity index (χ4v) is 4.75. The second-order valence-corrected chi connectivity index (χ2v) is 8.05. The van der Waals surface area contributed by atoms with Crippen molar-refractivity contribution in [1.82, 2.24) is 15.1 Å². The van der Waals surface area contributed by atoms with Crippen molar-refractivity contribution in [3.63, 3.8) is 0 Å². The van der Waals surface area contributed by atoms with E-state index in [4.69, 9.17) is 0 Å². The maximum Gasteiger partial charge on any atom is 0.0255 e. The van der Waals surface area contributed by atoms with E-state index in [-0.39, 0.29) is 0 Å². The number of likely N-dealkylation sites (N-methyl/N-ethyl adjacent to an activating group) is 1. The zero-order valence-corrected chi connectivity index (χ0v) is 13.7. The molecular formula is C17H33N3. The molecule has 1 N–H and O–H groups in total. The number of piperazine rings is 1. The highest BCUT2D eigenvalue weighted by molar-refractivity contribution is 4.97. The first-order valence-electron chi connectivity index (χ1n) is 8.74. The molecular weight excluding hydrogens is 246 g/mol. The maximum atomic E-state index is 3.61. The molecule has 0 aromatic carbocycles. The highest BCUT2D eigenvalue weighted by Crippen LogP contribution is 2.38. The molecule has 116 valence electrons. The van der Waals surface area contributed by atoms with Gasteiger partial charge in [-0.2, -0.15) is 0 Å². The first-order valence-corrected chi connectivity index (χ1v) is 8.74. The van der Waals surface area contributed by atoms with Gasteiger partial charge in [-0.3, -0.25) is 9.80 Å². The van der Waals surface area contributed by atoms with Gasteiger partial charge in [0, 0.05) is 37.8 Å². The molecule has 3 nitrogen and oxygen atoms in total. The van der Waals surface area contributed by atoms with Gasteiger partial charge in [0.2, 0.25) is 0 Å². The molecule has 3 rings (SSSR count). The van der Waals surface area contributed by atoms with Crippen LogP contribution >= 0.6 is 0 Å². The molecule has 2 saturated heterocycles. The molecule has 0 bridgehead atoms. The van der Waals surface area contributed by atoms with E-state index in [1.54, 1.807) is 0 Å². The van der Waals surface area contributed by atoms with Gasteiger partial charge in [-0.05, 0) is 51.1 Å². The molecule has 1 aliphatic carbocycles. The van der Waals surface area contributed by atoms with E-state index in [0.29, 0.717) is 11.5 Å². The summed E-state index contributed by atoms with van der Waals surface area (Å²) in [5, 5.41) is 3.61. The zero-order chi connectivity index (χ0) is 14.2. The molecule has 0 spiro atoms. The number of hydrogen-bond donors (Lipinski definition) is 1. The van der Waals surface area contributed by atoms with Crippen LogP contribution in [0.1, 0.15) is 52.4 Å². The molecule has 0 aromatic rings. The molecule has 3 aliphatic rings. The Bertz CT molecular complexity index is 328. The summed E-state index contributed by atoms with van der Waals surface area (Å²) in [6.07, 6.45) is 8.38. The molecule has 0 aromatic heterocycles. The Hall–Kier alpha value is -0.120. The largest absolute Gasteiger partial charge is 0.315 e. The smallest absolute Gasteiger partial charge is 0.0255 e. The van der Waals surface area contributed by atoms with Crippen LogP contribution in [0.5, 0.6) is 0 Å². The number of nitrogens with zero attached hydrogens (tertiary/aromatic N) is 2. The number of fused-ring (bicyclic) bond motifs is 1. The van der Waals surface area contributed by atoms with Crippen molar-refractivity contribution in [3.8, 4) is 0 Å². The van der Waals surface area contributed by atoms with Crippen LogP contribution in [0.25, 0.3) is 0 Å². The fourth-order valence-electron chi connectivity index (χ4n) is 4.75. The minimum Gasteiger partial charge on any atom is -0.315 e. The van der Waals surface area contributed by atoms with Crippen molar-refractivity contribution in [1.29, 1.82) is 0 Å². The van der Waals surface area contributed by atoms with Crippen molar-refractivity contribution in [2.45, 2.75) is 70.5 Å². The molecule has 1 saturated carbocycles. The second kappa shape index (κ2) is 5.94. The summed E-state index contributed by atoms with van der Waals surface area (Å²) >= 11 is 0. The number of piperidine rings is 1. The van der Waals surface area contributed by atoms with Gasteiger partial charge in [0.25, 0.3) is 0 Å². The maximum absolute atomic E-state index is 3.61. The third kappa shape index (κ3) is 3.05. The van der Waals surface area contributed by atoms with Crippen LogP contribution in [0.4, 0.5) is 0 Å². The Morgan fingerprint density at radius 2 is 1.80 bits per heavy atom. The van der Waals surface area contributed by atoms with Crippen molar-refractivity contribution in [3.05, 3.63) is 0 Å². The average Bonchev–Trinajstić information content (AvgIpc) is 2.46. The van der Waals surface area contributed by atoms with E-state index in [1.807, 2.05) is 0 Å². The Morgan fingerprint density at radius 3 is 2.60 bits per heavy atom. The Morgan fingerprint density at radius 1 is 1.00 bits per heavy atom. The van der Waals surface area contributed by atoms with Crippen LogP contribution in [0.15, 0.2) is 0 Å². The summed E-state index contributed by atoms with van der Waals surface area (Å²) in [5.41, 5.74) is 0.529. The summed E-state index contributed by atoms with van der Waals surface area (Å²) < 4.78 is 0. The summed E-state index contributed by atoms with van der Waals surface area (Å²) in [4.78, 5) is 5.58. The Balaban J connectivity index is 1.67. The van der Waals surface area contributed by atoms with E-state index in [9.17, 15) is 0 Å². The molecule has 0 radical (unpaired) electrons. The van der Waals surface area contributed by atoms with Crippen LogP contribution in [0, 0.1) is 5.41 Å². The van der Waals surface area contributed by atoms with Gasteiger partial charge in [-0.25, -0.2) is 0 Å². The normalized spacial score (nSPS) is 39.5. The van der Waals surface area contributed by atoms with Crippen LogP contribution in [-0.2, 0) is 0 Å². The molecule has 0 amide bonds. The van der Waals surface area contributed by atoms with Gasteiger partial charge in [-0.1, -0.05) is 20.3 Å². The molecule has 20 heavy (non-hydrogen) atoms. The lowest BCUT2D eigenvalue weighted by Gasteiger charge is -2.51. The lowest BCUT2D eigenvalue weighted by Crippen LogP contribution is -2.62. The monoisotopic (exact) mass is 279 g/mol. The van der Waals surface area contributed by atoms with Gasteiger partial charge in [0.1, 0.15) is 0 Å². The van der Waals surface area contributed by atoms with E-state index >= 15 is 0 Å². The summed E-state index contributed by atoms with van der Waals surface area (Å²) in [6, 6.07) is 2.31. The minimum absolute atomic E-state index is 0.529. The van der Waals surface area contributed by atoms with Gasteiger partial charge >= 0.3 is 0 Å². The third-order valence-electron chi connectivity index (χ3n) is 6.07. The summed E-state index contributed by atoms with van der Waals surface area (Å²) in [7, 11) is 2.16. The Labute approximate surface area is 125 Å². The summed E-state index contributed by atoms with van der Waals surface area (Å²) in [5.74, 6) is 0. The third-order valence-corrected chi connectivity index (χ3v) is 6.07. The van der Waals surface area contributed by atoms with Gasteiger partial charge in [-0.15, -0.1) is 0 Å². The number of hydrogen-bond acceptors (Lipinski definition) is 3. The zero-order valence-electron chi connectivity index (χ0n) is 13.7. The van der Waals surface area contributed by atoms with Crippen LogP contribution in [-0.4, -0.2) is 61.2 Å². The summed E-state index contributed by atoms with van der Waals surface area (Å²) in [6.45, 7) is 10.2. The van der Waals surface area contributed by atoms with Crippen molar-refractivity contribution < 1.29 is 0 Å². The average molecular weight is 279 g/mol. The van der Waals surface area contributed by atoms with Crippen LogP contribution < -0.4 is 5.32 Å². The topological polar surface area (TPSA) is 18.5 Å². The quantitative estimate of drug-likeness (QED) is 0.837. The minimum atomic E-state index is 0.529. The predicted molar refractivity (Wildman–Crippen MR) is 85.1 cm³/mol. The van der Waals surface area contributed by atoms with Gasteiger partial charge in [0.15, 0.2) is 0 Å². The fraction of sp³-hybridized carbons (Fsp3) is 1.00. The molecule has 3 atom stereocenters. The Kier molecular flexibility index (Phi) is 4.40. The first kappa shape index (κ1) is 14.8. The van der Waals surface area contributed by atoms with Gasteiger partial charge in [0.05, 0.1) is 0 Å². The number of rotatable bonds is 2. The van der Waals surface area contributed by atoms with Crippen LogP contribution in [0.3, 0.4) is 0 Å². The molecule has 2 aliphatic heterocycles. The molecule has 3 heteroatoms. The molecule has 3 unspecified atom stereocenters. The lowest BCUT2D eigenvalue weighted by atomic mass is 9.72. The predicted octanol–water partition coefficient (Wildman–Crippen LogP) is 2.32. The second-order valence-electron chi connectivity index (χ2n) is 8.05. The standard InChI is InChI=1S/C17H33N3/c1-17(2)8-7-15(18-3)16(12-17)20-11-10-19-9-5-4-6-14(19)13-20/h14-16,18H,4-13H2,1-3H3. The van der Waals surface area contributed by atoms with E-state index in [1.165, 1.54) is 64.7 Å². The lowest BCUT2D eigenvalue weighted by molar-refractivity contribution is -0.00791. The molecule has 2 heterocycles. The van der Waals surface area contributed by atoms with Crippen molar-refractivity contribution in [2.75, 3.05) is 33.2 Å². The van der Waals surface area contributed by atoms with Gasteiger partial charge < -0.3 is 5.32 Å².